The Kier molecular flexibility index (Phi) is 3.43. The molecule has 18 heavy (non-hydrogen) atoms. The zero-order valence-electron chi connectivity index (χ0n) is 11.7. The fourth-order valence-electron chi connectivity index (χ4n) is 3.75. The molecule has 1 heteroatoms. The second kappa shape index (κ2) is 5.05. The quantitative estimate of drug-likeness (QED) is 0.845. The highest BCUT2D eigenvalue weighted by Gasteiger charge is 2.34. The molecule has 1 aromatic rings. The highest BCUT2D eigenvalue weighted by molar-refractivity contribution is 5.31. The van der Waals surface area contributed by atoms with Gasteiger partial charge < -0.3 is 5.32 Å². The molecule has 0 bridgehead atoms. The molecule has 2 saturated carbocycles. The molecule has 0 radical (unpaired) electrons. The Labute approximate surface area is 111 Å². The molecule has 2 aliphatic carbocycles. The van der Waals surface area contributed by atoms with Gasteiger partial charge in [-0.2, -0.15) is 0 Å². The molecular formula is C17H25N. The first-order valence-electron chi connectivity index (χ1n) is 7.55. The topological polar surface area (TPSA) is 12.0 Å². The predicted octanol–water partition coefficient (Wildman–Crippen LogP) is 4.02. The van der Waals surface area contributed by atoms with E-state index in [1.807, 2.05) is 0 Å². The average molecular weight is 243 g/mol. The van der Waals surface area contributed by atoms with Crippen molar-refractivity contribution < 1.29 is 0 Å². The fraction of sp³-hybridized carbons (Fsp3) is 0.647. The number of aryl methyl sites for hydroxylation is 1. The summed E-state index contributed by atoms with van der Waals surface area (Å²) in [6, 6.07) is 10.5. The minimum atomic E-state index is 0.778. The van der Waals surface area contributed by atoms with Crippen molar-refractivity contribution in [1.82, 2.24) is 5.32 Å². The van der Waals surface area contributed by atoms with Crippen molar-refractivity contribution in [2.75, 3.05) is 0 Å². The van der Waals surface area contributed by atoms with Gasteiger partial charge in [-0.15, -0.1) is 0 Å². The van der Waals surface area contributed by atoms with Crippen molar-refractivity contribution in [1.29, 1.82) is 0 Å². The van der Waals surface area contributed by atoms with Crippen molar-refractivity contribution in [3.8, 4) is 0 Å². The van der Waals surface area contributed by atoms with Crippen LogP contribution >= 0.6 is 0 Å². The molecule has 2 aliphatic rings. The van der Waals surface area contributed by atoms with Gasteiger partial charge in [0.1, 0.15) is 0 Å². The molecule has 0 heterocycles. The van der Waals surface area contributed by atoms with E-state index in [4.69, 9.17) is 0 Å². The van der Waals surface area contributed by atoms with Crippen LogP contribution in [0.1, 0.15) is 56.1 Å². The van der Waals surface area contributed by atoms with Crippen LogP contribution in [0.2, 0.25) is 0 Å². The van der Waals surface area contributed by atoms with E-state index in [0.29, 0.717) is 0 Å². The monoisotopic (exact) mass is 243 g/mol. The summed E-state index contributed by atoms with van der Waals surface area (Å²) in [5, 5.41) is 3.88. The first-order chi connectivity index (χ1) is 8.74. The normalized spacial score (nSPS) is 35.4. The zero-order valence-corrected chi connectivity index (χ0v) is 11.7. The molecule has 2 atom stereocenters. The Hall–Kier alpha value is -0.820. The number of hydrogen-bond acceptors (Lipinski definition) is 1. The third-order valence-electron chi connectivity index (χ3n) is 5.08. The third-order valence-corrected chi connectivity index (χ3v) is 5.08. The second-order valence-electron chi connectivity index (χ2n) is 6.40. The lowest BCUT2D eigenvalue weighted by Gasteiger charge is -2.39. The number of nitrogens with one attached hydrogen (secondary N) is 1. The van der Waals surface area contributed by atoms with Gasteiger partial charge >= 0.3 is 0 Å². The van der Waals surface area contributed by atoms with Crippen LogP contribution in [-0.2, 0) is 0 Å². The molecule has 98 valence electrons. The Balaban J connectivity index is 1.53. The van der Waals surface area contributed by atoms with Crippen LogP contribution < -0.4 is 5.32 Å². The average Bonchev–Trinajstić information content (AvgIpc) is 2.70. The molecule has 3 rings (SSSR count). The molecule has 1 nitrogen and oxygen atoms in total. The highest BCUT2D eigenvalue weighted by Crippen LogP contribution is 2.39. The molecule has 0 aromatic heterocycles. The SMILES string of the molecule is Cc1ccccc1C1CC(NC2CCCC2C)C1. The lowest BCUT2D eigenvalue weighted by molar-refractivity contribution is 0.247. The van der Waals surface area contributed by atoms with Gasteiger partial charge in [0.15, 0.2) is 0 Å². The Bertz CT molecular complexity index is 406. The Morgan fingerprint density at radius 2 is 1.89 bits per heavy atom. The molecule has 0 amide bonds. The summed E-state index contributed by atoms with van der Waals surface area (Å²) in [5.41, 5.74) is 3.05. The smallest absolute Gasteiger partial charge is 0.00952 e. The van der Waals surface area contributed by atoms with Gasteiger partial charge in [-0.05, 0) is 55.6 Å². The van der Waals surface area contributed by atoms with Crippen LogP contribution in [-0.4, -0.2) is 12.1 Å². The number of hydrogen-bond donors (Lipinski definition) is 1. The third kappa shape index (κ3) is 2.33. The molecule has 1 aromatic carbocycles. The summed E-state index contributed by atoms with van der Waals surface area (Å²) in [5.74, 6) is 1.70. The minimum Gasteiger partial charge on any atom is -0.311 e. The van der Waals surface area contributed by atoms with E-state index in [2.05, 4.69) is 43.4 Å². The van der Waals surface area contributed by atoms with E-state index in [9.17, 15) is 0 Å². The predicted molar refractivity (Wildman–Crippen MR) is 76.9 cm³/mol. The van der Waals surface area contributed by atoms with Crippen LogP contribution in [0.25, 0.3) is 0 Å². The maximum atomic E-state index is 3.88. The summed E-state index contributed by atoms with van der Waals surface area (Å²) in [7, 11) is 0. The van der Waals surface area contributed by atoms with Crippen molar-refractivity contribution >= 4 is 0 Å². The molecular weight excluding hydrogens is 218 g/mol. The van der Waals surface area contributed by atoms with Crippen molar-refractivity contribution in [2.24, 2.45) is 5.92 Å². The van der Waals surface area contributed by atoms with Gasteiger partial charge in [0.2, 0.25) is 0 Å². The van der Waals surface area contributed by atoms with Gasteiger partial charge in [0.05, 0.1) is 0 Å². The largest absolute Gasteiger partial charge is 0.311 e. The van der Waals surface area contributed by atoms with E-state index >= 15 is 0 Å². The van der Waals surface area contributed by atoms with Crippen molar-refractivity contribution in [3.05, 3.63) is 35.4 Å². The summed E-state index contributed by atoms with van der Waals surface area (Å²) in [6.07, 6.45) is 6.92. The van der Waals surface area contributed by atoms with Crippen LogP contribution in [0.15, 0.2) is 24.3 Å². The number of rotatable bonds is 3. The van der Waals surface area contributed by atoms with E-state index in [1.165, 1.54) is 37.7 Å². The molecule has 2 fully saturated rings. The molecule has 0 saturated heterocycles. The summed E-state index contributed by atoms with van der Waals surface area (Å²) >= 11 is 0. The summed E-state index contributed by atoms with van der Waals surface area (Å²) in [6.45, 7) is 4.65. The lowest BCUT2D eigenvalue weighted by Crippen LogP contribution is -2.46. The molecule has 0 aliphatic heterocycles. The zero-order chi connectivity index (χ0) is 12.5. The van der Waals surface area contributed by atoms with Crippen LogP contribution in [0.3, 0.4) is 0 Å². The van der Waals surface area contributed by atoms with Crippen molar-refractivity contribution in [3.63, 3.8) is 0 Å². The standard InChI is InChI=1S/C17H25N/c1-12-6-3-4-8-16(12)14-10-15(11-14)18-17-9-5-7-13(17)2/h3-4,6,8,13-15,17-18H,5,7,9-11H2,1-2H3. The van der Waals surface area contributed by atoms with Gasteiger partial charge in [-0.25, -0.2) is 0 Å². The fourth-order valence-corrected chi connectivity index (χ4v) is 3.75. The Morgan fingerprint density at radius 3 is 2.56 bits per heavy atom. The van der Waals surface area contributed by atoms with Gasteiger partial charge in [0.25, 0.3) is 0 Å². The summed E-state index contributed by atoms with van der Waals surface area (Å²) < 4.78 is 0. The van der Waals surface area contributed by atoms with E-state index in [-0.39, 0.29) is 0 Å². The number of benzene rings is 1. The second-order valence-corrected chi connectivity index (χ2v) is 6.40. The van der Waals surface area contributed by atoms with Crippen LogP contribution in [0.5, 0.6) is 0 Å². The van der Waals surface area contributed by atoms with Gasteiger partial charge in [-0.1, -0.05) is 37.6 Å². The Morgan fingerprint density at radius 1 is 1.11 bits per heavy atom. The lowest BCUT2D eigenvalue weighted by atomic mass is 9.74. The highest BCUT2D eigenvalue weighted by atomic mass is 15.0. The first kappa shape index (κ1) is 12.2. The van der Waals surface area contributed by atoms with E-state index in [0.717, 1.165) is 23.9 Å². The van der Waals surface area contributed by atoms with E-state index < -0.39 is 0 Å². The van der Waals surface area contributed by atoms with Crippen LogP contribution in [0.4, 0.5) is 0 Å². The molecule has 1 N–H and O–H groups in total. The first-order valence-corrected chi connectivity index (χ1v) is 7.55. The van der Waals surface area contributed by atoms with Crippen LogP contribution in [0, 0.1) is 12.8 Å². The molecule has 2 unspecified atom stereocenters. The summed E-state index contributed by atoms with van der Waals surface area (Å²) in [4.78, 5) is 0. The molecule has 0 spiro atoms. The van der Waals surface area contributed by atoms with Gasteiger partial charge in [0, 0.05) is 12.1 Å². The maximum absolute atomic E-state index is 3.88. The van der Waals surface area contributed by atoms with E-state index in [1.54, 1.807) is 5.56 Å². The van der Waals surface area contributed by atoms with Crippen molar-refractivity contribution in [2.45, 2.75) is 64.0 Å². The minimum absolute atomic E-state index is 0.778. The maximum Gasteiger partial charge on any atom is 0.00952 e. The van der Waals surface area contributed by atoms with Gasteiger partial charge in [-0.3, -0.25) is 0 Å².